The second kappa shape index (κ2) is 4.76. The van der Waals surface area contributed by atoms with E-state index in [4.69, 9.17) is 0 Å². The molecule has 9 nitrogen and oxygen atoms in total. The lowest BCUT2D eigenvalue weighted by Crippen LogP contribution is -2.14. The lowest BCUT2D eigenvalue weighted by Gasteiger charge is -2.00. The molecule has 2 aromatic heterocycles. The van der Waals surface area contributed by atoms with Gasteiger partial charge in [0.2, 0.25) is 5.69 Å². The van der Waals surface area contributed by atoms with Crippen LogP contribution in [0.25, 0.3) is 0 Å². The third-order valence-corrected chi connectivity index (χ3v) is 2.96. The predicted molar refractivity (Wildman–Crippen MR) is 70.5 cm³/mol. The highest BCUT2D eigenvalue weighted by atomic mass is 16.6. The molecule has 0 fully saturated rings. The van der Waals surface area contributed by atoms with Gasteiger partial charge >= 0.3 is 5.69 Å². The van der Waals surface area contributed by atoms with E-state index in [0.717, 1.165) is 0 Å². The van der Waals surface area contributed by atoms with Gasteiger partial charge in [0.15, 0.2) is 0 Å². The minimum atomic E-state index is -0.628. The zero-order valence-corrected chi connectivity index (χ0v) is 11.5. The molecule has 2 heterocycles. The molecule has 0 bridgehead atoms. The number of carbonyl (C=O) groups is 1. The summed E-state index contributed by atoms with van der Waals surface area (Å²) in [4.78, 5) is 22.6. The first-order chi connectivity index (χ1) is 9.31. The molecule has 1 N–H and O–H groups in total. The van der Waals surface area contributed by atoms with Gasteiger partial charge in [-0.15, -0.1) is 0 Å². The number of carbonyl (C=O) groups excluding carboxylic acids is 1. The lowest BCUT2D eigenvalue weighted by atomic mass is 10.3. The molecule has 0 atom stereocenters. The van der Waals surface area contributed by atoms with Gasteiger partial charge in [-0.2, -0.15) is 10.2 Å². The maximum Gasteiger partial charge on any atom is 0.322 e. The van der Waals surface area contributed by atoms with E-state index < -0.39 is 10.8 Å². The first kappa shape index (κ1) is 13.7. The van der Waals surface area contributed by atoms with Gasteiger partial charge < -0.3 is 5.32 Å². The number of hydrogen-bond acceptors (Lipinski definition) is 5. The maximum absolute atomic E-state index is 12.1. The standard InChI is InChI=1S/C11H14N6O3/c1-6-8(5-15(3)13-6)12-11(18)9-10(17(19)20)7(2)16(4)14-9/h5H,1-4H3,(H,12,18). The number of nitrogens with one attached hydrogen (secondary N) is 1. The van der Waals surface area contributed by atoms with Gasteiger partial charge in [0.25, 0.3) is 5.91 Å². The van der Waals surface area contributed by atoms with Crippen LogP contribution in [-0.2, 0) is 14.1 Å². The van der Waals surface area contributed by atoms with Crippen molar-refractivity contribution in [2.24, 2.45) is 14.1 Å². The molecule has 0 aliphatic rings. The Bertz CT molecular complexity index is 699. The SMILES string of the molecule is Cc1nn(C)cc1NC(=O)c1nn(C)c(C)c1[N+](=O)[O-]. The number of aryl methyl sites for hydroxylation is 3. The third kappa shape index (κ3) is 2.25. The molecule has 0 spiro atoms. The lowest BCUT2D eigenvalue weighted by molar-refractivity contribution is -0.385. The zero-order valence-electron chi connectivity index (χ0n) is 11.5. The molecule has 0 aliphatic heterocycles. The second-order valence-corrected chi connectivity index (χ2v) is 4.42. The van der Waals surface area contributed by atoms with Crippen LogP contribution in [0.5, 0.6) is 0 Å². The summed E-state index contributed by atoms with van der Waals surface area (Å²) in [6.45, 7) is 3.27. The topological polar surface area (TPSA) is 108 Å². The number of anilines is 1. The van der Waals surface area contributed by atoms with Crippen LogP contribution >= 0.6 is 0 Å². The Morgan fingerprint density at radius 3 is 2.50 bits per heavy atom. The van der Waals surface area contributed by atoms with Gasteiger partial charge in [-0.05, 0) is 13.8 Å². The molecule has 0 radical (unpaired) electrons. The highest BCUT2D eigenvalue weighted by Gasteiger charge is 2.29. The van der Waals surface area contributed by atoms with Crippen molar-refractivity contribution in [1.82, 2.24) is 19.6 Å². The number of rotatable bonds is 3. The highest BCUT2D eigenvalue weighted by Crippen LogP contribution is 2.23. The van der Waals surface area contributed by atoms with Crippen LogP contribution in [0.4, 0.5) is 11.4 Å². The monoisotopic (exact) mass is 278 g/mol. The summed E-state index contributed by atoms with van der Waals surface area (Å²) >= 11 is 0. The van der Waals surface area contributed by atoms with Crippen molar-refractivity contribution in [3.63, 3.8) is 0 Å². The van der Waals surface area contributed by atoms with Gasteiger partial charge in [0, 0.05) is 20.3 Å². The number of aromatic nitrogens is 4. The molecule has 2 aromatic rings. The van der Waals surface area contributed by atoms with Crippen molar-refractivity contribution in [3.05, 3.63) is 33.4 Å². The normalized spacial score (nSPS) is 10.6. The molecule has 2 rings (SSSR count). The maximum atomic E-state index is 12.1. The molecule has 0 aromatic carbocycles. The zero-order chi connectivity index (χ0) is 15.0. The highest BCUT2D eigenvalue weighted by molar-refractivity contribution is 6.06. The Morgan fingerprint density at radius 1 is 1.35 bits per heavy atom. The van der Waals surface area contributed by atoms with E-state index in [1.54, 1.807) is 31.9 Å². The molecule has 106 valence electrons. The minimum Gasteiger partial charge on any atom is -0.317 e. The summed E-state index contributed by atoms with van der Waals surface area (Å²) in [5.74, 6) is -0.628. The average Bonchev–Trinajstić information content (AvgIpc) is 2.80. The van der Waals surface area contributed by atoms with Crippen molar-refractivity contribution < 1.29 is 9.72 Å². The molecule has 0 aliphatic carbocycles. The molecule has 0 unspecified atom stereocenters. The van der Waals surface area contributed by atoms with Crippen LogP contribution in [0.2, 0.25) is 0 Å². The molecule has 0 saturated carbocycles. The first-order valence-electron chi connectivity index (χ1n) is 5.81. The van der Waals surface area contributed by atoms with Crippen molar-refractivity contribution in [2.45, 2.75) is 13.8 Å². The van der Waals surface area contributed by atoms with Crippen LogP contribution in [0.1, 0.15) is 21.9 Å². The Hall–Kier alpha value is -2.71. The summed E-state index contributed by atoms with van der Waals surface area (Å²) in [5, 5.41) is 21.6. The largest absolute Gasteiger partial charge is 0.322 e. The fraction of sp³-hybridized carbons (Fsp3) is 0.364. The van der Waals surface area contributed by atoms with E-state index in [9.17, 15) is 14.9 Å². The van der Waals surface area contributed by atoms with Crippen molar-refractivity contribution >= 4 is 17.3 Å². The van der Waals surface area contributed by atoms with E-state index in [1.165, 1.54) is 11.6 Å². The fourth-order valence-electron chi connectivity index (χ4n) is 1.87. The van der Waals surface area contributed by atoms with Gasteiger partial charge in [-0.1, -0.05) is 0 Å². The van der Waals surface area contributed by atoms with Crippen molar-refractivity contribution in [2.75, 3.05) is 5.32 Å². The summed E-state index contributed by atoms with van der Waals surface area (Å²) in [7, 11) is 3.27. The quantitative estimate of drug-likeness (QED) is 0.663. The first-order valence-corrected chi connectivity index (χ1v) is 5.81. The Labute approximate surface area is 114 Å². The number of amides is 1. The van der Waals surface area contributed by atoms with Gasteiger partial charge in [-0.25, -0.2) is 0 Å². The average molecular weight is 278 g/mol. The Kier molecular flexibility index (Phi) is 3.26. The van der Waals surface area contributed by atoms with Crippen molar-refractivity contribution in [3.8, 4) is 0 Å². The smallest absolute Gasteiger partial charge is 0.317 e. The van der Waals surface area contributed by atoms with Crippen LogP contribution in [-0.4, -0.2) is 30.4 Å². The van der Waals surface area contributed by atoms with E-state index in [2.05, 4.69) is 15.5 Å². The Morgan fingerprint density at radius 2 is 2.00 bits per heavy atom. The van der Waals surface area contributed by atoms with Gasteiger partial charge in [-0.3, -0.25) is 24.3 Å². The minimum absolute atomic E-state index is 0.210. The summed E-state index contributed by atoms with van der Waals surface area (Å²) < 4.78 is 2.85. The van der Waals surface area contributed by atoms with Crippen LogP contribution in [0, 0.1) is 24.0 Å². The predicted octanol–water partition coefficient (Wildman–Crippen LogP) is 0.931. The summed E-state index contributed by atoms with van der Waals surface area (Å²) in [6, 6.07) is 0. The molecule has 9 heteroatoms. The number of nitrogens with zero attached hydrogens (tertiary/aromatic N) is 5. The third-order valence-electron chi connectivity index (χ3n) is 2.96. The fourth-order valence-corrected chi connectivity index (χ4v) is 1.87. The molecule has 0 saturated heterocycles. The second-order valence-electron chi connectivity index (χ2n) is 4.42. The Balaban J connectivity index is 2.37. The van der Waals surface area contributed by atoms with Gasteiger partial charge in [0.1, 0.15) is 5.69 Å². The van der Waals surface area contributed by atoms with Crippen LogP contribution in [0.15, 0.2) is 6.20 Å². The van der Waals surface area contributed by atoms with Crippen molar-refractivity contribution in [1.29, 1.82) is 0 Å². The number of hydrogen-bond donors (Lipinski definition) is 1. The summed E-state index contributed by atoms with van der Waals surface area (Å²) in [5.41, 5.74) is 0.944. The van der Waals surface area contributed by atoms with Gasteiger partial charge in [0.05, 0.1) is 16.3 Å². The van der Waals surface area contributed by atoms with Crippen LogP contribution < -0.4 is 5.32 Å². The number of nitro groups is 1. The van der Waals surface area contributed by atoms with Crippen LogP contribution in [0.3, 0.4) is 0 Å². The molecule has 1 amide bonds. The van der Waals surface area contributed by atoms with E-state index >= 15 is 0 Å². The van der Waals surface area contributed by atoms with E-state index in [1.807, 2.05) is 0 Å². The van der Waals surface area contributed by atoms with E-state index in [-0.39, 0.29) is 11.4 Å². The van der Waals surface area contributed by atoms with E-state index in [0.29, 0.717) is 17.1 Å². The molecular weight excluding hydrogens is 264 g/mol. The molecular formula is C11H14N6O3. The summed E-state index contributed by atoms with van der Waals surface area (Å²) in [6.07, 6.45) is 1.62. The molecule has 20 heavy (non-hydrogen) atoms.